The third-order valence-electron chi connectivity index (χ3n) is 4.56. The highest BCUT2D eigenvalue weighted by Gasteiger charge is 2.42. The molecule has 3 nitrogen and oxygen atoms in total. The fraction of sp³-hybridized carbons (Fsp3) is 0.625. The third-order valence-corrected chi connectivity index (χ3v) is 6.08. The fourth-order valence-electron chi connectivity index (χ4n) is 3.34. The second kappa shape index (κ2) is 6.37. The van der Waals surface area contributed by atoms with Crippen molar-refractivity contribution < 1.29 is 14.6 Å². The zero-order valence-electron chi connectivity index (χ0n) is 12.2. The summed E-state index contributed by atoms with van der Waals surface area (Å²) < 4.78 is 11.2. The molecule has 116 valence electrons. The Hall–Kier alpha value is -0.420. The molecule has 1 aromatic rings. The van der Waals surface area contributed by atoms with Gasteiger partial charge in [-0.05, 0) is 48.6 Å². The van der Waals surface area contributed by atoms with Crippen molar-refractivity contribution in [3.05, 3.63) is 28.8 Å². The van der Waals surface area contributed by atoms with Crippen LogP contribution in [0.15, 0.2) is 18.2 Å². The molecule has 3 atom stereocenters. The minimum atomic E-state index is -0.486. The van der Waals surface area contributed by atoms with Crippen molar-refractivity contribution in [1.82, 2.24) is 0 Å². The van der Waals surface area contributed by atoms with E-state index in [9.17, 15) is 5.11 Å². The summed E-state index contributed by atoms with van der Waals surface area (Å²) in [6.45, 7) is 0.742. The number of benzene rings is 1. The van der Waals surface area contributed by atoms with Crippen LogP contribution >= 0.6 is 23.4 Å². The summed E-state index contributed by atoms with van der Waals surface area (Å²) in [6, 6.07) is 5.54. The predicted octanol–water partition coefficient (Wildman–Crippen LogP) is 3.68. The summed E-state index contributed by atoms with van der Waals surface area (Å²) in [6.07, 6.45) is 2.45. The first kappa shape index (κ1) is 15.5. The normalized spacial score (nSPS) is 30.5. The molecule has 2 aliphatic heterocycles. The Balaban J connectivity index is 1.75. The summed E-state index contributed by atoms with van der Waals surface area (Å²) in [5.41, 5.74) is 0.860. The average molecular weight is 329 g/mol. The number of hydrogen-bond donors (Lipinski definition) is 1. The van der Waals surface area contributed by atoms with Crippen LogP contribution in [-0.2, 0) is 4.74 Å². The van der Waals surface area contributed by atoms with E-state index in [2.05, 4.69) is 0 Å². The Morgan fingerprint density at radius 1 is 1.52 bits per heavy atom. The number of ether oxygens (including phenoxy) is 2. The van der Waals surface area contributed by atoms with Crippen LogP contribution in [0.4, 0.5) is 0 Å². The lowest BCUT2D eigenvalue weighted by molar-refractivity contribution is -0.102. The highest BCUT2D eigenvalue weighted by Crippen LogP contribution is 2.44. The number of aliphatic hydroxyl groups is 1. The van der Waals surface area contributed by atoms with Crippen molar-refractivity contribution in [3.8, 4) is 5.75 Å². The summed E-state index contributed by atoms with van der Waals surface area (Å²) in [5.74, 6) is 3.10. The zero-order valence-corrected chi connectivity index (χ0v) is 13.8. The minimum Gasteiger partial charge on any atom is -0.495 e. The van der Waals surface area contributed by atoms with E-state index in [0.717, 1.165) is 42.9 Å². The summed E-state index contributed by atoms with van der Waals surface area (Å²) in [7, 11) is 1.59. The summed E-state index contributed by atoms with van der Waals surface area (Å²) in [4.78, 5) is 0. The highest BCUT2D eigenvalue weighted by atomic mass is 35.5. The smallest absolute Gasteiger partial charge is 0.137 e. The topological polar surface area (TPSA) is 38.7 Å². The van der Waals surface area contributed by atoms with Gasteiger partial charge in [0.1, 0.15) is 5.75 Å². The number of thioether (sulfide) groups is 1. The molecule has 1 aromatic carbocycles. The first-order chi connectivity index (χ1) is 10.1. The Morgan fingerprint density at radius 3 is 3.05 bits per heavy atom. The van der Waals surface area contributed by atoms with Gasteiger partial charge in [0.2, 0.25) is 0 Å². The quantitative estimate of drug-likeness (QED) is 0.918. The van der Waals surface area contributed by atoms with Crippen molar-refractivity contribution >= 4 is 23.4 Å². The van der Waals surface area contributed by atoms with Crippen LogP contribution in [0.2, 0.25) is 5.02 Å². The maximum Gasteiger partial charge on any atom is 0.137 e. The first-order valence-corrected chi connectivity index (χ1v) is 8.90. The van der Waals surface area contributed by atoms with Crippen LogP contribution in [0.5, 0.6) is 5.75 Å². The molecule has 0 aromatic heterocycles. The molecule has 1 spiro atoms. The SMILES string of the molecule is COc1ccc(C(O)C2CCOC3(CCSC3)C2)cc1Cl. The molecule has 0 aliphatic carbocycles. The molecular formula is C16H21ClO3S. The summed E-state index contributed by atoms with van der Waals surface area (Å²) in [5, 5.41) is 11.3. The lowest BCUT2D eigenvalue weighted by Gasteiger charge is -2.39. The van der Waals surface area contributed by atoms with Gasteiger partial charge in [-0.3, -0.25) is 0 Å². The lowest BCUT2D eigenvalue weighted by atomic mass is 9.80. The van der Waals surface area contributed by atoms with Crippen LogP contribution in [0.1, 0.15) is 30.9 Å². The Morgan fingerprint density at radius 2 is 2.38 bits per heavy atom. The first-order valence-electron chi connectivity index (χ1n) is 7.37. The van der Waals surface area contributed by atoms with E-state index in [1.807, 2.05) is 30.0 Å². The van der Waals surface area contributed by atoms with Crippen LogP contribution in [0, 0.1) is 5.92 Å². The van der Waals surface area contributed by atoms with E-state index < -0.39 is 6.10 Å². The number of rotatable bonds is 3. The molecule has 3 unspecified atom stereocenters. The summed E-state index contributed by atoms with van der Waals surface area (Å²) >= 11 is 8.12. The molecule has 2 saturated heterocycles. The second-order valence-corrected chi connectivity index (χ2v) is 7.44. The van der Waals surface area contributed by atoms with Gasteiger partial charge >= 0.3 is 0 Å². The number of halogens is 1. The van der Waals surface area contributed by atoms with E-state index in [4.69, 9.17) is 21.1 Å². The van der Waals surface area contributed by atoms with Gasteiger partial charge in [0.25, 0.3) is 0 Å². The highest BCUT2D eigenvalue weighted by molar-refractivity contribution is 7.99. The molecule has 1 N–H and O–H groups in total. The molecule has 5 heteroatoms. The molecule has 0 bridgehead atoms. The van der Waals surface area contributed by atoms with Crippen molar-refractivity contribution in [3.63, 3.8) is 0 Å². The average Bonchev–Trinajstić information content (AvgIpc) is 2.94. The van der Waals surface area contributed by atoms with E-state index in [-0.39, 0.29) is 11.5 Å². The largest absolute Gasteiger partial charge is 0.495 e. The maximum absolute atomic E-state index is 10.7. The van der Waals surface area contributed by atoms with Gasteiger partial charge in [0.05, 0.1) is 23.8 Å². The van der Waals surface area contributed by atoms with Crippen LogP contribution in [0.25, 0.3) is 0 Å². The van der Waals surface area contributed by atoms with Gasteiger partial charge in [-0.25, -0.2) is 0 Å². The minimum absolute atomic E-state index is 0.00910. The number of aliphatic hydroxyl groups excluding tert-OH is 1. The van der Waals surface area contributed by atoms with Crippen molar-refractivity contribution in [1.29, 1.82) is 0 Å². The van der Waals surface area contributed by atoms with E-state index in [0.29, 0.717) is 10.8 Å². The van der Waals surface area contributed by atoms with Gasteiger partial charge in [-0.2, -0.15) is 11.8 Å². The Labute approximate surface area is 135 Å². The molecule has 2 aliphatic rings. The second-order valence-electron chi connectivity index (χ2n) is 5.93. The van der Waals surface area contributed by atoms with E-state index in [1.54, 1.807) is 7.11 Å². The molecule has 21 heavy (non-hydrogen) atoms. The standard InChI is InChI=1S/C16H21ClO3S/c1-19-14-3-2-11(8-13(14)17)15(18)12-4-6-20-16(9-12)5-7-21-10-16/h2-3,8,12,15,18H,4-7,9-10H2,1H3. The molecule has 0 amide bonds. The molecule has 3 rings (SSSR count). The zero-order chi connectivity index (χ0) is 14.9. The Bertz CT molecular complexity index is 502. The molecule has 2 heterocycles. The molecule has 2 fully saturated rings. The van der Waals surface area contributed by atoms with Gasteiger partial charge in [-0.15, -0.1) is 0 Å². The molecule has 0 radical (unpaired) electrons. The van der Waals surface area contributed by atoms with Crippen molar-refractivity contribution in [2.24, 2.45) is 5.92 Å². The van der Waals surface area contributed by atoms with Gasteiger partial charge in [0, 0.05) is 12.4 Å². The molecular weight excluding hydrogens is 308 g/mol. The monoisotopic (exact) mass is 328 g/mol. The van der Waals surface area contributed by atoms with Gasteiger partial charge < -0.3 is 14.6 Å². The predicted molar refractivity (Wildman–Crippen MR) is 86.3 cm³/mol. The fourth-order valence-corrected chi connectivity index (χ4v) is 4.98. The van der Waals surface area contributed by atoms with Gasteiger partial charge in [-0.1, -0.05) is 17.7 Å². The maximum atomic E-state index is 10.7. The Kier molecular flexibility index (Phi) is 4.69. The van der Waals surface area contributed by atoms with Crippen LogP contribution in [0.3, 0.4) is 0 Å². The lowest BCUT2D eigenvalue weighted by Crippen LogP contribution is -2.41. The third kappa shape index (κ3) is 3.19. The van der Waals surface area contributed by atoms with E-state index >= 15 is 0 Å². The number of hydrogen-bond acceptors (Lipinski definition) is 4. The van der Waals surface area contributed by atoms with Crippen molar-refractivity contribution in [2.75, 3.05) is 25.2 Å². The van der Waals surface area contributed by atoms with Crippen LogP contribution < -0.4 is 4.74 Å². The molecule has 0 saturated carbocycles. The van der Waals surface area contributed by atoms with Crippen molar-refractivity contribution in [2.45, 2.75) is 31.0 Å². The van der Waals surface area contributed by atoms with Gasteiger partial charge in [0.15, 0.2) is 0 Å². The number of methoxy groups -OCH3 is 1. The van der Waals surface area contributed by atoms with Crippen LogP contribution in [-0.4, -0.2) is 35.9 Å². The van der Waals surface area contributed by atoms with E-state index in [1.165, 1.54) is 0 Å².